The molecule has 0 unspecified atom stereocenters. The third-order valence-corrected chi connectivity index (χ3v) is 3.48. The normalized spacial score (nSPS) is 15.1. The van der Waals surface area contributed by atoms with Gasteiger partial charge in [0.05, 0.1) is 6.61 Å². The van der Waals surface area contributed by atoms with Crippen LogP contribution in [0.4, 0.5) is 0 Å². The van der Waals surface area contributed by atoms with Crippen molar-refractivity contribution < 1.29 is 14.6 Å². The fourth-order valence-electron chi connectivity index (χ4n) is 2.22. The van der Waals surface area contributed by atoms with Crippen LogP contribution < -0.4 is 5.32 Å². The monoisotopic (exact) mass is 287 g/mol. The molecule has 0 saturated carbocycles. The first-order valence-electron chi connectivity index (χ1n) is 7.33. The molecule has 21 heavy (non-hydrogen) atoms. The third kappa shape index (κ3) is 5.22. The summed E-state index contributed by atoms with van der Waals surface area (Å²) < 4.78 is 5.26. The Morgan fingerprint density at radius 1 is 1.29 bits per heavy atom. The quantitative estimate of drug-likeness (QED) is 0.824. The van der Waals surface area contributed by atoms with Gasteiger partial charge in [-0.25, -0.2) is 0 Å². The van der Waals surface area contributed by atoms with E-state index in [-0.39, 0.29) is 18.4 Å². The van der Waals surface area contributed by atoms with E-state index < -0.39 is 0 Å². The fourth-order valence-corrected chi connectivity index (χ4v) is 2.22. The molecule has 0 spiro atoms. The van der Waals surface area contributed by atoms with E-state index in [0.717, 1.165) is 24.0 Å². The van der Waals surface area contributed by atoms with Crippen molar-refractivity contribution in [3.8, 4) is 11.8 Å². The number of rotatable bonds is 4. The highest BCUT2D eigenvalue weighted by Crippen LogP contribution is 2.14. The molecule has 0 bridgehead atoms. The maximum Gasteiger partial charge on any atom is 0.223 e. The fraction of sp³-hybridized carbons (Fsp3) is 0.471. The van der Waals surface area contributed by atoms with E-state index in [1.807, 2.05) is 24.3 Å². The lowest BCUT2D eigenvalue weighted by Gasteiger charge is -2.21. The highest BCUT2D eigenvalue weighted by molar-refractivity contribution is 5.78. The van der Waals surface area contributed by atoms with Crippen molar-refractivity contribution in [2.45, 2.75) is 25.8 Å². The molecular formula is C17H21NO3. The van der Waals surface area contributed by atoms with Gasteiger partial charge in [0, 0.05) is 37.7 Å². The first kappa shape index (κ1) is 15.6. The lowest BCUT2D eigenvalue weighted by Crippen LogP contribution is -2.33. The first-order chi connectivity index (χ1) is 10.3. The van der Waals surface area contributed by atoms with Gasteiger partial charge in [-0.2, -0.15) is 0 Å². The van der Waals surface area contributed by atoms with E-state index in [1.165, 1.54) is 0 Å². The molecule has 1 aliphatic rings. The van der Waals surface area contributed by atoms with E-state index in [4.69, 9.17) is 9.84 Å². The van der Waals surface area contributed by atoms with Gasteiger partial charge in [0.1, 0.15) is 0 Å². The van der Waals surface area contributed by atoms with Crippen molar-refractivity contribution in [2.75, 3.05) is 19.8 Å². The van der Waals surface area contributed by atoms with Gasteiger partial charge < -0.3 is 15.2 Å². The van der Waals surface area contributed by atoms with Gasteiger partial charge >= 0.3 is 0 Å². The highest BCUT2D eigenvalue weighted by atomic mass is 16.5. The molecular weight excluding hydrogens is 266 g/mol. The largest absolute Gasteiger partial charge is 0.395 e. The minimum absolute atomic E-state index is 0.0855. The smallest absolute Gasteiger partial charge is 0.223 e. The van der Waals surface area contributed by atoms with E-state index in [0.29, 0.717) is 26.2 Å². The number of carbonyl (C=O) groups excluding carboxylic acids is 1. The second-order valence-electron chi connectivity index (χ2n) is 5.08. The van der Waals surface area contributed by atoms with E-state index >= 15 is 0 Å². The Hall–Kier alpha value is -1.83. The van der Waals surface area contributed by atoms with Crippen LogP contribution in [-0.4, -0.2) is 30.8 Å². The Labute approximate surface area is 125 Å². The molecule has 1 saturated heterocycles. The number of aliphatic hydroxyl groups excluding tert-OH is 1. The molecule has 0 aromatic heterocycles. The average molecular weight is 287 g/mol. The summed E-state index contributed by atoms with van der Waals surface area (Å²) in [6.45, 7) is 1.99. The Morgan fingerprint density at radius 2 is 2.00 bits per heavy atom. The van der Waals surface area contributed by atoms with Crippen LogP contribution in [0.2, 0.25) is 0 Å². The average Bonchev–Trinajstić information content (AvgIpc) is 2.55. The minimum Gasteiger partial charge on any atom is -0.395 e. The first-order valence-corrected chi connectivity index (χ1v) is 7.33. The standard InChI is InChI=1S/C17H21NO3/c19-10-2-1-3-14-4-6-15(7-5-14)13-18-17(20)16-8-11-21-12-9-16/h4-7,16,19H,2,8-13H2,(H,18,20). The molecule has 1 aromatic carbocycles. The molecule has 4 heteroatoms. The molecule has 1 aromatic rings. The Morgan fingerprint density at radius 3 is 2.67 bits per heavy atom. The van der Waals surface area contributed by atoms with Crippen LogP contribution in [0.1, 0.15) is 30.4 Å². The number of benzene rings is 1. The molecule has 1 fully saturated rings. The molecule has 1 aliphatic heterocycles. The number of hydrogen-bond donors (Lipinski definition) is 2. The van der Waals surface area contributed by atoms with E-state index in [9.17, 15) is 4.79 Å². The number of aliphatic hydroxyl groups is 1. The molecule has 1 heterocycles. The van der Waals surface area contributed by atoms with Crippen LogP contribution in [0.3, 0.4) is 0 Å². The summed E-state index contributed by atoms with van der Waals surface area (Å²) in [5, 5.41) is 11.6. The molecule has 112 valence electrons. The zero-order chi connectivity index (χ0) is 14.9. The molecule has 0 aliphatic carbocycles. The molecule has 0 atom stereocenters. The van der Waals surface area contributed by atoms with Crippen molar-refractivity contribution in [1.29, 1.82) is 0 Å². The van der Waals surface area contributed by atoms with Crippen LogP contribution in [0, 0.1) is 17.8 Å². The van der Waals surface area contributed by atoms with Crippen LogP contribution in [0.5, 0.6) is 0 Å². The maximum absolute atomic E-state index is 12.0. The van der Waals surface area contributed by atoms with Crippen molar-refractivity contribution in [3.05, 3.63) is 35.4 Å². The van der Waals surface area contributed by atoms with Gasteiger partial charge in [-0.1, -0.05) is 24.0 Å². The minimum atomic E-state index is 0.0855. The Bertz CT molecular complexity index is 507. The van der Waals surface area contributed by atoms with Gasteiger partial charge in [0.15, 0.2) is 0 Å². The summed E-state index contributed by atoms with van der Waals surface area (Å²) in [5.41, 5.74) is 1.98. The summed E-state index contributed by atoms with van der Waals surface area (Å²) in [7, 11) is 0. The number of carbonyl (C=O) groups is 1. The van der Waals surface area contributed by atoms with Gasteiger partial charge in [0.25, 0.3) is 0 Å². The van der Waals surface area contributed by atoms with Gasteiger partial charge in [0.2, 0.25) is 5.91 Å². The third-order valence-electron chi connectivity index (χ3n) is 3.48. The van der Waals surface area contributed by atoms with Gasteiger partial charge in [-0.3, -0.25) is 4.79 Å². The zero-order valence-corrected chi connectivity index (χ0v) is 12.1. The van der Waals surface area contributed by atoms with Crippen molar-refractivity contribution in [2.24, 2.45) is 5.92 Å². The van der Waals surface area contributed by atoms with E-state index in [2.05, 4.69) is 17.2 Å². The van der Waals surface area contributed by atoms with Crippen molar-refractivity contribution >= 4 is 5.91 Å². The summed E-state index contributed by atoms with van der Waals surface area (Å²) in [5.74, 6) is 6.06. The Balaban J connectivity index is 1.80. The summed E-state index contributed by atoms with van der Waals surface area (Å²) in [6.07, 6.45) is 2.11. The second kappa shape index (κ2) is 8.46. The topological polar surface area (TPSA) is 58.6 Å². The highest BCUT2D eigenvalue weighted by Gasteiger charge is 2.20. The molecule has 4 nitrogen and oxygen atoms in total. The van der Waals surface area contributed by atoms with Gasteiger partial charge in [-0.15, -0.1) is 0 Å². The predicted molar refractivity (Wildman–Crippen MR) is 80.4 cm³/mol. The van der Waals surface area contributed by atoms with E-state index in [1.54, 1.807) is 0 Å². The van der Waals surface area contributed by atoms with Crippen LogP contribution in [-0.2, 0) is 16.1 Å². The molecule has 2 rings (SSSR count). The summed E-state index contributed by atoms with van der Waals surface area (Å²) in [6, 6.07) is 7.79. The SMILES string of the molecule is O=C(NCc1ccc(C#CCCO)cc1)C1CCOCC1. The number of nitrogens with one attached hydrogen (secondary N) is 1. The summed E-state index contributed by atoms with van der Waals surface area (Å²) in [4.78, 5) is 12.0. The van der Waals surface area contributed by atoms with Crippen molar-refractivity contribution in [3.63, 3.8) is 0 Å². The van der Waals surface area contributed by atoms with Crippen molar-refractivity contribution in [1.82, 2.24) is 5.32 Å². The van der Waals surface area contributed by atoms with Crippen LogP contribution >= 0.6 is 0 Å². The van der Waals surface area contributed by atoms with Crippen LogP contribution in [0.25, 0.3) is 0 Å². The zero-order valence-electron chi connectivity index (χ0n) is 12.1. The van der Waals surface area contributed by atoms with Gasteiger partial charge in [-0.05, 0) is 30.5 Å². The number of hydrogen-bond acceptors (Lipinski definition) is 3. The summed E-state index contributed by atoms with van der Waals surface area (Å²) >= 11 is 0. The van der Waals surface area contributed by atoms with Crippen LogP contribution in [0.15, 0.2) is 24.3 Å². The number of amides is 1. The maximum atomic E-state index is 12.0. The predicted octanol–water partition coefficient (Wildman–Crippen LogP) is 1.46. The molecule has 2 N–H and O–H groups in total. The molecule has 1 amide bonds. The lowest BCUT2D eigenvalue weighted by molar-refractivity contribution is -0.128. The second-order valence-corrected chi connectivity index (χ2v) is 5.08. The number of ether oxygens (including phenoxy) is 1. The lowest BCUT2D eigenvalue weighted by atomic mass is 9.99. The Kier molecular flexibility index (Phi) is 6.26. The molecule has 0 radical (unpaired) electrons.